The van der Waals surface area contributed by atoms with Crippen molar-refractivity contribution in [1.29, 1.82) is 0 Å². The monoisotopic (exact) mass is 248 g/mol. The fraction of sp³-hybridized carbons (Fsp3) is 0.429. The van der Waals surface area contributed by atoms with Gasteiger partial charge >= 0.3 is 6.03 Å². The number of Topliss-reactive ketones (excluding diaryl/α,β-unsaturated/α-hetero) is 1. The Morgan fingerprint density at radius 3 is 2.61 bits per heavy atom. The fourth-order valence-corrected chi connectivity index (χ4v) is 1.50. The standard InChI is InChI=1S/C14H20N2O2/c1-5-10(2)16(4)14(18)15-13-8-6-7-12(9-13)11(3)17/h6-10H,5H2,1-4H3,(H,15,18). The first-order valence-electron chi connectivity index (χ1n) is 6.10. The lowest BCUT2D eigenvalue weighted by atomic mass is 10.1. The van der Waals surface area contributed by atoms with Crippen molar-refractivity contribution >= 4 is 17.5 Å². The third-order valence-corrected chi connectivity index (χ3v) is 3.09. The summed E-state index contributed by atoms with van der Waals surface area (Å²) in [6.07, 6.45) is 0.900. The van der Waals surface area contributed by atoms with Gasteiger partial charge in [-0.15, -0.1) is 0 Å². The Morgan fingerprint density at radius 1 is 1.39 bits per heavy atom. The van der Waals surface area contributed by atoms with Crippen LogP contribution in [0.5, 0.6) is 0 Å². The van der Waals surface area contributed by atoms with E-state index in [9.17, 15) is 9.59 Å². The van der Waals surface area contributed by atoms with Crippen molar-refractivity contribution in [2.24, 2.45) is 0 Å². The summed E-state index contributed by atoms with van der Waals surface area (Å²) in [5.41, 5.74) is 1.24. The number of hydrogen-bond acceptors (Lipinski definition) is 2. The highest BCUT2D eigenvalue weighted by atomic mass is 16.2. The maximum absolute atomic E-state index is 11.9. The molecule has 1 aromatic rings. The van der Waals surface area contributed by atoms with Gasteiger partial charge in [0, 0.05) is 24.3 Å². The summed E-state index contributed by atoms with van der Waals surface area (Å²) in [6, 6.07) is 6.97. The zero-order valence-electron chi connectivity index (χ0n) is 11.4. The molecule has 0 saturated carbocycles. The molecule has 1 atom stereocenters. The van der Waals surface area contributed by atoms with E-state index in [2.05, 4.69) is 5.32 Å². The molecule has 0 aliphatic rings. The van der Waals surface area contributed by atoms with Gasteiger partial charge < -0.3 is 10.2 Å². The quantitative estimate of drug-likeness (QED) is 0.832. The van der Waals surface area contributed by atoms with Crippen LogP contribution in [0.15, 0.2) is 24.3 Å². The van der Waals surface area contributed by atoms with Crippen molar-refractivity contribution in [3.63, 3.8) is 0 Å². The van der Waals surface area contributed by atoms with Crippen LogP contribution in [-0.2, 0) is 0 Å². The van der Waals surface area contributed by atoms with Crippen molar-refractivity contribution in [1.82, 2.24) is 4.90 Å². The first-order valence-corrected chi connectivity index (χ1v) is 6.10. The lowest BCUT2D eigenvalue weighted by molar-refractivity contribution is 0.101. The van der Waals surface area contributed by atoms with Crippen molar-refractivity contribution in [3.8, 4) is 0 Å². The molecule has 0 aliphatic carbocycles. The van der Waals surface area contributed by atoms with E-state index in [1.807, 2.05) is 13.8 Å². The number of urea groups is 1. The molecule has 0 radical (unpaired) electrons. The van der Waals surface area contributed by atoms with E-state index in [0.29, 0.717) is 11.3 Å². The maximum atomic E-state index is 11.9. The van der Waals surface area contributed by atoms with Gasteiger partial charge in [0.2, 0.25) is 0 Å². The van der Waals surface area contributed by atoms with Crippen LogP contribution in [0, 0.1) is 0 Å². The minimum absolute atomic E-state index is 0.0126. The smallest absolute Gasteiger partial charge is 0.321 e. The van der Waals surface area contributed by atoms with Gasteiger partial charge in [-0.3, -0.25) is 4.79 Å². The molecule has 0 heterocycles. The number of amides is 2. The molecule has 1 N–H and O–H groups in total. The average Bonchev–Trinajstić information content (AvgIpc) is 2.37. The van der Waals surface area contributed by atoms with Crippen molar-refractivity contribution < 1.29 is 9.59 Å². The van der Waals surface area contributed by atoms with Crippen LogP contribution in [0.3, 0.4) is 0 Å². The van der Waals surface area contributed by atoms with Crippen LogP contribution in [0.4, 0.5) is 10.5 Å². The first kappa shape index (κ1) is 14.2. The minimum Gasteiger partial charge on any atom is -0.325 e. The van der Waals surface area contributed by atoms with E-state index >= 15 is 0 Å². The van der Waals surface area contributed by atoms with Gasteiger partial charge in [-0.05, 0) is 32.4 Å². The highest BCUT2D eigenvalue weighted by Gasteiger charge is 2.14. The summed E-state index contributed by atoms with van der Waals surface area (Å²) in [7, 11) is 1.76. The maximum Gasteiger partial charge on any atom is 0.321 e. The zero-order valence-corrected chi connectivity index (χ0v) is 11.4. The number of hydrogen-bond donors (Lipinski definition) is 1. The average molecular weight is 248 g/mol. The molecule has 1 unspecified atom stereocenters. The molecule has 0 aromatic heterocycles. The highest BCUT2D eigenvalue weighted by Crippen LogP contribution is 2.12. The van der Waals surface area contributed by atoms with Gasteiger partial charge in [0.05, 0.1) is 0 Å². The molecule has 0 fully saturated rings. The summed E-state index contributed by atoms with van der Waals surface area (Å²) >= 11 is 0. The summed E-state index contributed by atoms with van der Waals surface area (Å²) < 4.78 is 0. The Kier molecular flexibility index (Phi) is 4.89. The van der Waals surface area contributed by atoms with Gasteiger partial charge in [0.25, 0.3) is 0 Å². The summed E-state index contributed by atoms with van der Waals surface area (Å²) in [5, 5.41) is 2.79. The van der Waals surface area contributed by atoms with E-state index in [4.69, 9.17) is 0 Å². The number of benzene rings is 1. The number of anilines is 1. The Bertz CT molecular complexity index is 443. The third kappa shape index (κ3) is 3.58. The Balaban J connectivity index is 2.76. The second kappa shape index (κ2) is 6.19. The van der Waals surface area contributed by atoms with Gasteiger partial charge in [0.15, 0.2) is 5.78 Å². The van der Waals surface area contributed by atoms with Crippen LogP contribution in [0.25, 0.3) is 0 Å². The second-order valence-electron chi connectivity index (χ2n) is 4.44. The molecule has 2 amide bonds. The largest absolute Gasteiger partial charge is 0.325 e. The van der Waals surface area contributed by atoms with E-state index in [-0.39, 0.29) is 17.9 Å². The van der Waals surface area contributed by atoms with Crippen LogP contribution in [0.2, 0.25) is 0 Å². The number of carbonyl (C=O) groups is 2. The van der Waals surface area contributed by atoms with E-state index in [0.717, 1.165) is 6.42 Å². The third-order valence-electron chi connectivity index (χ3n) is 3.09. The number of nitrogens with zero attached hydrogens (tertiary/aromatic N) is 1. The molecule has 0 aliphatic heterocycles. The molecule has 4 heteroatoms. The van der Waals surface area contributed by atoms with E-state index < -0.39 is 0 Å². The Morgan fingerprint density at radius 2 is 2.06 bits per heavy atom. The summed E-state index contributed by atoms with van der Waals surface area (Å²) in [6.45, 7) is 5.53. The summed E-state index contributed by atoms with van der Waals surface area (Å²) in [5.74, 6) is -0.0126. The molecule has 0 bridgehead atoms. The van der Waals surface area contributed by atoms with Crippen LogP contribution >= 0.6 is 0 Å². The molecule has 18 heavy (non-hydrogen) atoms. The lowest BCUT2D eigenvalue weighted by Crippen LogP contribution is -2.37. The lowest BCUT2D eigenvalue weighted by Gasteiger charge is -2.24. The van der Waals surface area contributed by atoms with Crippen molar-refractivity contribution in [2.45, 2.75) is 33.2 Å². The molecule has 1 aromatic carbocycles. The normalized spacial score (nSPS) is 11.8. The number of nitrogens with one attached hydrogen (secondary N) is 1. The van der Waals surface area contributed by atoms with Crippen LogP contribution in [-0.4, -0.2) is 29.8 Å². The molecule has 0 spiro atoms. The number of carbonyl (C=O) groups excluding carboxylic acids is 2. The molecule has 1 rings (SSSR count). The predicted octanol–water partition coefficient (Wildman–Crippen LogP) is 3.15. The second-order valence-corrected chi connectivity index (χ2v) is 4.44. The fourth-order valence-electron chi connectivity index (χ4n) is 1.50. The summed E-state index contributed by atoms with van der Waals surface area (Å²) in [4.78, 5) is 24.8. The molecular formula is C14H20N2O2. The Labute approximate surface area is 108 Å². The molecule has 4 nitrogen and oxygen atoms in total. The van der Waals surface area contributed by atoms with Crippen LogP contribution in [0.1, 0.15) is 37.6 Å². The van der Waals surface area contributed by atoms with Crippen molar-refractivity contribution in [3.05, 3.63) is 29.8 Å². The molecule has 0 saturated heterocycles. The predicted molar refractivity (Wildman–Crippen MR) is 73.0 cm³/mol. The van der Waals surface area contributed by atoms with Gasteiger partial charge in [-0.1, -0.05) is 19.1 Å². The SMILES string of the molecule is CCC(C)N(C)C(=O)Nc1cccc(C(C)=O)c1. The molecular weight excluding hydrogens is 228 g/mol. The van der Waals surface area contributed by atoms with E-state index in [1.54, 1.807) is 36.2 Å². The zero-order chi connectivity index (χ0) is 13.7. The van der Waals surface area contributed by atoms with Crippen LogP contribution < -0.4 is 5.32 Å². The number of rotatable bonds is 4. The van der Waals surface area contributed by atoms with Gasteiger partial charge in [0.1, 0.15) is 0 Å². The first-order chi connectivity index (χ1) is 8.45. The minimum atomic E-state index is -0.162. The topological polar surface area (TPSA) is 49.4 Å². The Hall–Kier alpha value is -1.84. The molecule has 98 valence electrons. The van der Waals surface area contributed by atoms with Gasteiger partial charge in [-0.25, -0.2) is 4.79 Å². The number of ketones is 1. The highest BCUT2D eigenvalue weighted by molar-refractivity contribution is 5.96. The van der Waals surface area contributed by atoms with E-state index in [1.165, 1.54) is 6.92 Å². The van der Waals surface area contributed by atoms with Gasteiger partial charge in [-0.2, -0.15) is 0 Å². The van der Waals surface area contributed by atoms with Crippen molar-refractivity contribution in [2.75, 3.05) is 12.4 Å².